The van der Waals surface area contributed by atoms with Crippen LogP contribution in [0.4, 0.5) is 5.82 Å². The Hall–Kier alpha value is -1.54. The quantitative estimate of drug-likeness (QED) is 0.645. The van der Waals surface area contributed by atoms with E-state index in [1.54, 1.807) is 13.0 Å². The van der Waals surface area contributed by atoms with Crippen LogP contribution in [0.1, 0.15) is 19.1 Å². The topological polar surface area (TPSA) is 110 Å². The van der Waals surface area contributed by atoms with Crippen LogP contribution in [-0.2, 0) is 9.59 Å². The molecule has 112 valence electrons. The maximum Gasteiger partial charge on any atom is 0.235 e. The molecule has 0 aromatic carbocycles. The second-order valence-electron chi connectivity index (χ2n) is 4.48. The van der Waals surface area contributed by atoms with Gasteiger partial charge in [0.05, 0.1) is 11.5 Å². The second-order valence-corrected chi connectivity index (χ2v) is 5.47. The highest BCUT2D eigenvalue weighted by molar-refractivity contribution is 8.00. The van der Waals surface area contributed by atoms with Crippen molar-refractivity contribution in [2.45, 2.75) is 26.3 Å². The average molecular weight is 300 g/mol. The molecule has 0 bridgehead atoms. The van der Waals surface area contributed by atoms with Crippen LogP contribution in [0.25, 0.3) is 0 Å². The number of nitrogens with zero attached hydrogens (tertiary/aromatic N) is 1. The summed E-state index contributed by atoms with van der Waals surface area (Å²) in [5, 5.41) is 8.97. The molecule has 0 spiro atoms. The molecule has 0 saturated carbocycles. The number of nitrogens with one attached hydrogen (secondary N) is 2. The van der Waals surface area contributed by atoms with Crippen LogP contribution in [-0.4, -0.2) is 41.1 Å². The largest absolute Gasteiger partial charge is 0.360 e. The lowest BCUT2D eigenvalue weighted by Gasteiger charge is -2.07. The van der Waals surface area contributed by atoms with Gasteiger partial charge in [0.25, 0.3) is 0 Å². The third-order valence-electron chi connectivity index (χ3n) is 2.28. The predicted octanol–water partition coefficient (Wildman–Crippen LogP) is 0.508. The number of hydrogen-bond donors (Lipinski definition) is 3. The second kappa shape index (κ2) is 8.60. The van der Waals surface area contributed by atoms with Gasteiger partial charge in [0.2, 0.25) is 11.8 Å². The van der Waals surface area contributed by atoms with Gasteiger partial charge in [-0.3, -0.25) is 9.59 Å². The molecule has 1 unspecified atom stereocenters. The van der Waals surface area contributed by atoms with E-state index >= 15 is 0 Å². The molecule has 2 amide bonds. The summed E-state index contributed by atoms with van der Waals surface area (Å²) in [4.78, 5) is 23.0. The van der Waals surface area contributed by atoms with Crippen LogP contribution in [0, 0.1) is 6.92 Å². The predicted molar refractivity (Wildman–Crippen MR) is 78.5 cm³/mol. The Balaban J connectivity index is 2.11. The Morgan fingerprint density at radius 2 is 2.15 bits per heavy atom. The van der Waals surface area contributed by atoms with Crippen molar-refractivity contribution in [2.24, 2.45) is 5.73 Å². The number of aromatic nitrogens is 1. The lowest BCUT2D eigenvalue weighted by Crippen LogP contribution is -2.30. The summed E-state index contributed by atoms with van der Waals surface area (Å²) in [5.74, 6) is 1.12. The minimum Gasteiger partial charge on any atom is -0.360 e. The number of hydrogen-bond acceptors (Lipinski definition) is 6. The van der Waals surface area contributed by atoms with Crippen LogP contribution in [0.15, 0.2) is 10.6 Å². The first-order valence-electron chi connectivity index (χ1n) is 6.30. The van der Waals surface area contributed by atoms with Gasteiger partial charge < -0.3 is 20.9 Å². The SMILES string of the molecule is Cc1cc(NC(=O)CSCC(=O)NCCC(C)N)no1. The number of anilines is 1. The van der Waals surface area contributed by atoms with Crippen LogP contribution in [0.3, 0.4) is 0 Å². The molecule has 1 aromatic heterocycles. The number of carbonyl (C=O) groups is 2. The van der Waals surface area contributed by atoms with Crippen LogP contribution < -0.4 is 16.4 Å². The minimum absolute atomic E-state index is 0.0691. The van der Waals surface area contributed by atoms with E-state index in [0.717, 1.165) is 6.42 Å². The van der Waals surface area contributed by atoms with E-state index in [-0.39, 0.29) is 29.4 Å². The summed E-state index contributed by atoms with van der Waals surface area (Å²) < 4.78 is 4.83. The Morgan fingerprint density at radius 1 is 1.45 bits per heavy atom. The molecule has 0 saturated heterocycles. The van der Waals surface area contributed by atoms with Crippen molar-refractivity contribution < 1.29 is 14.1 Å². The molecule has 0 aliphatic rings. The Morgan fingerprint density at radius 3 is 2.75 bits per heavy atom. The molecule has 1 atom stereocenters. The molecule has 8 heteroatoms. The average Bonchev–Trinajstić information content (AvgIpc) is 2.74. The summed E-state index contributed by atoms with van der Waals surface area (Å²) >= 11 is 1.24. The van der Waals surface area contributed by atoms with E-state index in [1.807, 2.05) is 6.92 Å². The van der Waals surface area contributed by atoms with Gasteiger partial charge >= 0.3 is 0 Å². The molecule has 7 nitrogen and oxygen atoms in total. The number of thioether (sulfide) groups is 1. The summed E-state index contributed by atoms with van der Waals surface area (Å²) in [6.07, 6.45) is 0.738. The number of aryl methyl sites for hydroxylation is 1. The summed E-state index contributed by atoms with van der Waals surface area (Å²) in [5.41, 5.74) is 5.57. The van der Waals surface area contributed by atoms with Crippen molar-refractivity contribution in [3.8, 4) is 0 Å². The lowest BCUT2D eigenvalue weighted by molar-refractivity contribution is -0.118. The summed E-state index contributed by atoms with van der Waals surface area (Å²) in [7, 11) is 0. The highest BCUT2D eigenvalue weighted by atomic mass is 32.2. The highest BCUT2D eigenvalue weighted by Gasteiger charge is 2.08. The van der Waals surface area contributed by atoms with E-state index in [9.17, 15) is 9.59 Å². The first-order valence-corrected chi connectivity index (χ1v) is 7.46. The summed E-state index contributed by atoms with van der Waals surface area (Å²) in [6.45, 7) is 4.18. The van der Waals surface area contributed by atoms with E-state index in [0.29, 0.717) is 18.1 Å². The zero-order valence-corrected chi connectivity index (χ0v) is 12.5. The maximum atomic E-state index is 11.5. The van der Waals surface area contributed by atoms with Gasteiger partial charge in [-0.25, -0.2) is 0 Å². The van der Waals surface area contributed by atoms with E-state index in [4.69, 9.17) is 10.3 Å². The van der Waals surface area contributed by atoms with Crippen molar-refractivity contribution in [3.63, 3.8) is 0 Å². The maximum absolute atomic E-state index is 11.5. The molecule has 1 rings (SSSR count). The first kappa shape index (κ1) is 16.5. The lowest BCUT2D eigenvalue weighted by atomic mass is 10.2. The molecule has 4 N–H and O–H groups in total. The van der Waals surface area contributed by atoms with Gasteiger partial charge in [-0.2, -0.15) is 0 Å². The zero-order valence-electron chi connectivity index (χ0n) is 11.6. The fourth-order valence-electron chi connectivity index (χ4n) is 1.33. The van der Waals surface area contributed by atoms with Crippen molar-refractivity contribution in [3.05, 3.63) is 11.8 Å². The van der Waals surface area contributed by atoms with E-state index < -0.39 is 0 Å². The van der Waals surface area contributed by atoms with E-state index in [2.05, 4.69) is 15.8 Å². The fraction of sp³-hybridized carbons (Fsp3) is 0.583. The molecule has 1 aromatic rings. The number of amides is 2. The highest BCUT2D eigenvalue weighted by Crippen LogP contribution is 2.08. The van der Waals surface area contributed by atoms with Crippen molar-refractivity contribution in [2.75, 3.05) is 23.4 Å². The number of rotatable bonds is 8. The molecular weight excluding hydrogens is 280 g/mol. The summed E-state index contributed by atoms with van der Waals surface area (Å²) in [6, 6.07) is 1.70. The smallest absolute Gasteiger partial charge is 0.235 e. The number of carbonyl (C=O) groups excluding carboxylic acids is 2. The fourth-order valence-corrected chi connectivity index (χ4v) is 1.98. The van der Waals surface area contributed by atoms with Crippen molar-refractivity contribution in [1.29, 1.82) is 0 Å². The minimum atomic E-state index is -0.216. The van der Waals surface area contributed by atoms with Gasteiger partial charge in [0.1, 0.15) is 5.76 Å². The van der Waals surface area contributed by atoms with Gasteiger partial charge in [0.15, 0.2) is 5.82 Å². The molecule has 0 fully saturated rings. The zero-order chi connectivity index (χ0) is 15.0. The Bertz CT molecular complexity index is 448. The molecular formula is C12H20N4O3S. The van der Waals surface area contributed by atoms with Crippen LogP contribution in [0.2, 0.25) is 0 Å². The monoisotopic (exact) mass is 300 g/mol. The van der Waals surface area contributed by atoms with Crippen molar-refractivity contribution in [1.82, 2.24) is 10.5 Å². The molecule has 0 radical (unpaired) electrons. The third-order valence-corrected chi connectivity index (χ3v) is 3.22. The van der Waals surface area contributed by atoms with Gasteiger partial charge in [-0.1, -0.05) is 5.16 Å². The Kier molecular flexibility index (Phi) is 7.10. The van der Waals surface area contributed by atoms with Crippen molar-refractivity contribution >= 4 is 29.4 Å². The van der Waals surface area contributed by atoms with Gasteiger partial charge in [-0.15, -0.1) is 11.8 Å². The molecule has 0 aliphatic heterocycles. The van der Waals surface area contributed by atoms with Crippen LogP contribution in [0.5, 0.6) is 0 Å². The normalized spacial score (nSPS) is 11.9. The molecule has 20 heavy (non-hydrogen) atoms. The molecule has 1 heterocycles. The number of nitrogens with two attached hydrogens (primary N) is 1. The third kappa shape index (κ3) is 7.15. The molecule has 0 aliphatic carbocycles. The van der Waals surface area contributed by atoms with E-state index in [1.165, 1.54) is 11.8 Å². The Labute approximate surface area is 122 Å². The first-order chi connectivity index (χ1) is 9.47. The standard InChI is InChI=1S/C12H20N4O3S/c1-8(13)3-4-14-11(17)6-20-7-12(18)15-10-5-9(2)19-16-10/h5,8H,3-4,6-7,13H2,1-2H3,(H,14,17)(H,15,16,18). The van der Waals surface area contributed by atoms with Gasteiger partial charge in [-0.05, 0) is 20.3 Å². The van der Waals surface area contributed by atoms with Gasteiger partial charge in [0, 0.05) is 18.7 Å². The van der Waals surface area contributed by atoms with Crippen LogP contribution >= 0.6 is 11.8 Å².